The van der Waals surface area contributed by atoms with E-state index in [2.05, 4.69) is 61.2 Å². The molecule has 0 spiro atoms. The Hall–Kier alpha value is -2.79. The fourth-order valence-electron chi connectivity index (χ4n) is 4.71. The highest BCUT2D eigenvalue weighted by Crippen LogP contribution is 2.39. The van der Waals surface area contributed by atoms with Crippen molar-refractivity contribution in [1.82, 2.24) is 9.66 Å². The lowest BCUT2D eigenvalue weighted by molar-refractivity contribution is 0.699. The summed E-state index contributed by atoms with van der Waals surface area (Å²) in [6, 6.07) is 8.71. The van der Waals surface area contributed by atoms with Crippen molar-refractivity contribution in [2.75, 3.05) is 0 Å². The zero-order valence-electron chi connectivity index (χ0n) is 17.6. The van der Waals surface area contributed by atoms with Crippen molar-refractivity contribution in [3.8, 4) is 0 Å². The first-order valence-corrected chi connectivity index (χ1v) is 11.4. The average molecular weight is 416 g/mol. The van der Waals surface area contributed by atoms with Crippen LogP contribution in [0.1, 0.15) is 54.2 Å². The van der Waals surface area contributed by atoms with E-state index in [1.807, 2.05) is 0 Å². The molecule has 152 valence electrons. The number of fused-ring (bicyclic) bond motifs is 3. The third kappa shape index (κ3) is 3.18. The zero-order valence-corrected chi connectivity index (χ0v) is 18.4. The predicted octanol–water partition coefficient (Wildman–Crippen LogP) is 5.54. The summed E-state index contributed by atoms with van der Waals surface area (Å²) >= 11 is 1.67. The van der Waals surface area contributed by atoms with Crippen molar-refractivity contribution in [2.45, 2.75) is 52.4 Å². The van der Waals surface area contributed by atoms with Gasteiger partial charge in [0.1, 0.15) is 11.2 Å². The van der Waals surface area contributed by atoms with Crippen LogP contribution in [0.25, 0.3) is 10.2 Å². The van der Waals surface area contributed by atoms with Crippen molar-refractivity contribution in [3.05, 3.63) is 85.3 Å². The second-order valence-corrected chi connectivity index (χ2v) is 9.48. The molecule has 0 bridgehead atoms. The Kier molecular flexibility index (Phi) is 4.78. The quantitative estimate of drug-likeness (QED) is 0.527. The summed E-state index contributed by atoms with van der Waals surface area (Å²) in [5.74, 6) is 0.272. The standard InChI is InChI=1S/C25H25N3OS/c1-15-8-10-18(11-9-15)22-16(2)12-19(17(22)3)13-27-28-14-26-24-23(25(28)29)20-6-4-5-7-21(20)30-24/h8-14,22H,4-7H2,1-3H3. The van der Waals surface area contributed by atoms with E-state index in [-0.39, 0.29) is 11.5 Å². The molecule has 0 N–H and O–H groups in total. The van der Waals surface area contributed by atoms with E-state index in [0.29, 0.717) is 0 Å². The molecule has 2 aliphatic carbocycles. The molecule has 0 saturated heterocycles. The van der Waals surface area contributed by atoms with Crippen LogP contribution in [0.15, 0.2) is 63.3 Å². The first-order valence-electron chi connectivity index (χ1n) is 10.5. The second kappa shape index (κ2) is 7.47. The van der Waals surface area contributed by atoms with Crippen LogP contribution in [-0.2, 0) is 12.8 Å². The summed E-state index contributed by atoms with van der Waals surface area (Å²) in [5, 5.41) is 5.29. The van der Waals surface area contributed by atoms with Gasteiger partial charge in [-0.2, -0.15) is 9.78 Å². The van der Waals surface area contributed by atoms with Gasteiger partial charge in [0.25, 0.3) is 5.56 Å². The number of hydrogen-bond donors (Lipinski definition) is 0. The largest absolute Gasteiger partial charge is 0.282 e. The Morgan fingerprint density at radius 1 is 1.13 bits per heavy atom. The third-order valence-electron chi connectivity index (χ3n) is 6.32. The summed E-state index contributed by atoms with van der Waals surface area (Å²) in [7, 11) is 0. The fourth-order valence-corrected chi connectivity index (χ4v) is 5.92. The van der Waals surface area contributed by atoms with Gasteiger partial charge in [-0.15, -0.1) is 11.3 Å². The highest BCUT2D eigenvalue weighted by atomic mass is 32.1. The number of hydrogen-bond acceptors (Lipinski definition) is 4. The molecule has 3 aromatic rings. The van der Waals surface area contributed by atoms with E-state index in [4.69, 9.17) is 0 Å². The molecule has 1 unspecified atom stereocenters. The number of allylic oxidation sites excluding steroid dienone is 4. The molecule has 0 saturated carbocycles. The van der Waals surface area contributed by atoms with Crippen LogP contribution in [0.5, 0.6) is 0 Å². The van der Waals surface area contributed by atoms with Gasteiger partial charge < -0.3 is 0 Å². The summed E-state index contributed by atoms with van der Waals surface area (Å²) in [5.41, 5.74) is 7.33. The first kappa shape index (κ1) is 19.2. The molecule has 4 nitrogen and oxygen atoms in total. The first-order chi connectivity index (χ1) is 14.5. The van der Waals surface area contributed by atoms with E-state index in [1.54, 1.807) is 23.9 Å². The molecule has 1 aromatic carbocycles. The lowest BCUT2D eigenvalue weighted by Crippen LogP contribution is -2.18. The molecular weight excluding hydrogens is 390 g/mol. The zero-order chi connectivity index (χ0) is 20.8. The van der Waals surface area contributed by atoms with E-state index >= 15 is 0 Å². The van der Waals surface area contributed by atoms with Gasteiger partial charge in [-0.3, -0.25) is 4.79 Å². The number of aryl methyl sites for hydroxylation is 3. The maximum absolute atomic E-state index is 13.1. The number of aromatic nitrogens is 2. The SMILES string of the molecule is CC1=CC(C=Nn2cnc3sc4c(c3c2=O)CCCC4)=C(C)C1c1ccc(C)cc1. The van der Waals surface area contributed by atoms with Gasteiger partial charge in [0.05, 0.1) is 11.6 Å². The number of thiophene rings is 1. The van der Waals surface area contributed by atoms with E-state index in [0.717, 1.165) is 35.1 Å². The Balaban J connectivity index is 1.50. The molecule has 30 heavy (non-hydrogen) atoms. The molecule has 2 aromatic heterocycles. The molecule has 2 aliphatic rings. The summed E-state index contributed by atoms with van der Waals surface area (Å²) < 4.78 is 1.40. The Labute approximate surface area is 180 Å². The van der Waals surface area contributed by atoms with Crippen molar-refractivity contribution < 1.29 is 0 Å². The Morgan fingerprint density at radius 2 is 1.90 bits per heavy atom. The predicted molar refractivity (Wildman–Crippen MR) is 125 cm³/mol. The maximum atomic E-state index is 13.1. The van der Waals surface area contributed by atoms with Gasteiger partial charge >= 0.3 is 0 Å². The van der Waals surface area contributed by atoms with Crippen molar-refractivity contribution in [3.63, 3.8) is 0 Å². The van der Waals surface area contributed by atoms with Crippen LogP contribution in [0.2, 0.25) is 0 Å². The van der Waals surface area contributed by atoms with Gasteiger partial charge in [-0.05, 0) is 63.2 Å². The van der Waals surface area contributed by atoms with E-state index in [9.17, 15) is 4.79 Å². The van der Waals surface area contributed by atoms with Gasteiger partial charge in [0, 0.05) is 10.8 Å². The molecule has 0 aliphatic heterocycles. The lowest BCUT2D eigenvalue weighted by Gasteiger charge is -2.15. The van der Waals surface area contributed by atoms with Crippen LogP contribution in [-0.4, -0.2) is 15.9 Å². The van der Waals surface area contributed by atoms with Crippen LogP contribution < -0.4 is 5.56 Å². The van der Waals surface area contributed by atoms with Crippen molar-refractivity contribution in [2.24, 2.45) is 5.10 Å². The minimum Gasteiger partial charge on any atom is -0.267 e. The maximum Gasteiger partial charge on any atom is 0.282 e. The third-order valence-corrected chi connectivity index (χ3v) is 7.52. The van der Waals surface area contributed by atoms with E-state index < -0.39 is 0 Å². The van der Waals surface area contributed by atoms with Crippen LogP contribution >= 0.6 is 11.3 Å². The molecule has 1 atom stereocenters. The summed E-state index contributed by atoms with van der Waals surface area (Å²) in [4.78, 5) is 19.8. The summed E-state index contributed by atoms with van der Waals surface area (Å²) in [6.07, 6.45) is 9.93. The van der Waals surface area contributed by atoms with Crippen LogP contribution in [0.3, 0.4) is 0 Å². The minimum absolute atomic E-state index is 0.0531. The lowest BCUT2D eigenvalue weighted by atomic mass is 9.89. The average Bonchev–Trinajstić information content (AvgIpc) is 3.25. The van der Waals surface area contributed by atoms with Crippen molar-refractivity contribution >= 4 is 27.8 Å². The number of nitrogens with zero attached hydrogens (tertiary/aromatic N) is 3. The smallest absolute Gasteiger partial charge is 0.267 e. The highest BCUT2D eigenvalue weighted by Gasteiger charge is 2.23. The monoisotopic (exact) mass is 415 g/mol. The van der Waals surface area contributed by atoms with Crippen molar-refractivity contribution in [1.29, 1.82) is 0 Å². The number of rotatable bonds is 3. The van der Waals surface area contributed by atoms with Gasteiger partial charge in [0.15, 0.2) is 0 Å². The fraction of sp³-hybridized carbons (Fsp3) is 0.320. The van der Waals surface area contributed by atoms with Crippen LogP contribution in [0, 0.1) is 6.92 Å². The molecule has 0 radical (unpaired) electrons. The summed E-state index contributed by atoms with van der Waals surface area (Å²) in [6.45, 7) is 6.42. The second-order valence-electron chi connectivity index (χ2n) is 8.40. The van der Waals surface area contributed by atoms with Gasteiger partial charge in [-0.25, -0.2) is 4.98 Å². The van der Waals surface area contributed by atoms with Gasteiger partial charge in [-0.1, -0.05) is 47.1 Å². The molecule has 5 heteroatoms. The topological polar surface area (TPSA) is 47.2 Å². The van der Waals surface area contributed by atoms with E-state index in [1.165, 1.54) is 43.8 Å². The normalized spacial score (nSPS) is 19.0. The highest BCUT2D eigenvalue weighted by molar-refractivity contribution is 7.18. The minimum atomic E-state index is -0.0531. The molecule has 5 rings (SSSR count). The molecular formula is C25H25N3OS. The van der Waals surface area contributed by atoms with Crippen LogP contribution in [0.4, 0.5) is 0 Å². The molecule has 0 fully saturated rings. The number of benzene rings is 1. The molecule has 0 amide bonds. The molecule has 2 heterocycles. The Bertz CT molecular complexity index is 1290. The van der Waals surface area contributed by atoms with Gasteiger partial charge in [0.2, 0.25) is 0 Å². The Morgan fingerprint density at radius 3 is 2.70 bits per heavy atom.